The molecule has 0 radical (unpaired) electrons. The van der Waals surface area contributed by atoms with Crippen molar-refractivity contribution >= 4 is 18.2 Å². The summed E-state index contributed by atoms with van der Waals surface area (Å²) < 4.78 is 12.8. The largest absolute Gasteiger partial charge is 0.299 e. The molecule has 0 unspecified atom stereocenters. The number of halogens is 2. The van der Waals surface area contributed by atoms with Crippen LogP contribution >= 0.6 is 12.4 Å². The summed E-state index contributed by atoms with van der Waals surface area (Å²) in [5, 5.41) is 0. The summed E-state index contributed by atoms with van der Waals surface area (Å²) in [6.45, 7) is 2.96. The molecule has 0 bridgehead atoms. The summed E-state index contributed by atoms with van der Waals surface area (Å²) in [5.74, 6) is -0.207. The lowest BCUT2D eigenvalue weighted by Gasteiger charge is -2.28. The third-order valence-corrected chi connectivity index (χ3v) is 4.25. The molecule has 2 aromatic rings. The van der Waals surface area contributed by atoms with E-state index in [4.69, 9.17) is 0 Å². The lowest BCUT2D eigenvalue weighted by atomic mass is 9.99. The van der Waals surface area contributed by atoms with Crippen molar-refractivity contribution in [1.29, 1.82) is 0 Å². The fourth-order valence-electron chi connectivity index (χ4n) is 2.99. The topological polar surface area (TPSA) is 20.3 Å². The van der Waals surface area contributed by atoms with E-state index in [1.807, 2.05) is 0 Å². The zero-order valence-electron chi connectivity index (χ0n) is 13.0. The molecule has 4 heteroatoms. The smallest absolute Gasteiger partial charge is 0.162 e. The van der Waals surface area contributed by atoms with Crippen LogP contribution < -0.4 is 0 Å². The Labute approximate surface area is 142 Å². The van der Waals surface area contributed by atoms with Crippen LogP contribution in [0.25, 0.3) is 0 Å². The van der Waals surface area contributed by atoms with Crippen molar-refractivity contribution in [2.24, 2.45) is 0 Å². The summed E-state index contributed by atoms with van der Waals surface area (Å²) in [5.41, 5.74) is 3.45. The number of fused-ring (bicyclic) bond motifs is 1. The fourth-order valence-corrected chi connectivity index (χ4v) is 2.99. The highest BCUT2D eigenvalue weighted by atomic mass is 35.5. The number of rotatable bonds is 5. The number of carbonyl (C=O) groups is 1. The lowest BCUT2D eigenvalue weighted by molar-refractivity contribution is 0.0973. The molecule has 1 heterocycles. The van der Waals surface area contributed by atoms with E-state index in [9.17, 15) is 9.18 Å². The highest BCUT2D eigenvalue weighted by Gasteiger charge is 2.15. The predicted molar refractivity (Wildman–Crippen MR) is 92.6 cm³/mol. The van der Waals surface area contributed by atoms with Gasteiger partial charge in [-0.1, -0.05) is 24.3 Å². The number of ketones is 1. The van der Waals surface area contributed by atoms with Crippen molar-refractivity contribution < 1.29 is 9.18 Å². The van der Waals surface area contributed by atoms with Gasteiger partial charge < -0.3 is 0 Å². The average Bonchev–Trinajstić information content (AvgIpc) is 2.55. The number of Topliss-reactive ketones (excluding diaryl/α,β-unsaturated/α-hetero) is 1. The van der Waals surface area contributed by atoms with Gasteiger partial charge in [0.1, 0.15) is 5.82 Å². The summed E-state index contributed by atoms with van der Waals surface area (Å²) >= 11 is 0. The lowest BCUT2D eigenvalue weighted by Crippen LogP contribution is -2.31. The number of hydrogen-bond acceptors (Lipinski definition) is 2. The molecule has 0 amide bonds. The van der Waals surface area contributed by atoms with Gasteiger partial charge in [0.2, 0.25) is 0 Å². The van der Waals surface area contributed by atoms with Crippen molar-refractivity contribution in [3.05, 3.63) is 71.0 Å². The van der Waals surface area contributed by atoms with Gasteiger partial charge in [-0.25, -0.2) is 4.39 Å². The van der Waals surface area contributed by atoms with Crippen LogP contribution in [0.5, 0.6) is 0 Å². The van der Waals surface area contributed by atoms with Crippen LogP contribution in [0.4, 0.5) is 4.39 Å². The minimum Gasteiger partial charge on any atom is -0.299 e. The van der Waals surface area contributed by atoms with Gasteiger partial charge in [-0.15, -0.1) is 12.4 Å². The van der Waals surface area contributed by atoms with E-state index in [0.717, 1.165) is 32.5 Å². The van der Waals surface area contributed by atoms with E-state index >= 15 is 0 Å². The SMILES string of the molecule is Cl.O=C(CCCN1CCc2ccccc2C1)c1ccc(F)cc1. The van der Waals surface area contributed by atoms with Gasteiger partial charge in [0, 0.05) is 25.1 Å². The third-order valence-electron chi connectivity index (χ3n) is 4.25. The highest BCUT2D eigenvalue weighted by molar-refractivity contribution is 5.95. The van der Waals surface area contributed by atoms with Crippen molar-refractivity contribution in [1.82, 2.24) is 4.90 Å². The molecule has 1 aliphatic heterocycles. The Morgan fingerprint density at radius 2 is 1.74 bits per heavy atom. The maximum absolute atomic E-state index is 12.8. The van der Waals surface area contributed by atoms with E-state index in [1.165, 1.54) is 23.3 Å². The Morgan fingerprint density at radius 3 is 2.48 bits per heavy atom. The average molecular weight is 334 g/mol. The number of carbonyl (C=O) groups excluding carboxylic acids is 1. The maximum atomic E-state index is 12.8. The standard InChI is InChI=1S/C19H20FNO.ClH/c20-18-9-7-16(8-10-18)19(22)6-3-12-21-13-11-15-4-1-2-5-17(15)14-21;/h1-2,4-5,7-10H,3,6,11-14H2;1H. The Bertz CT molecular complexity index is 657. The second kappa shape index (κ2) is 8.23. The number of nitrogens with zero attached hydrogens (tertiary/aromatic N) is 1. The molecular formula is C19H21ClFNO. The fraction of sp³-hybridized carbons (Fsp3) is 0.316. The molecule has 2 nitrogen and oxygen atoms in total. The summed E-state index contributed by atoms with van der Waals surface area (Å²) in [4.78, 5) is 14.5. The van der Waals surface area contributed by atoms with E-state index in [2.05, 4.69) is 29.2 Å². The Kier molecular flexibility index (Phi) is 6.31. The molecule has 3 rings (SSSR count). The van der Waals surface area contributed by atoms with Crippen LogP contribution in [0.3, 0.4) is 0 Å². The van der Waals surface area contributed by atoms with Crippen molar-refractivity contribution in [3.63, 3.8) is 0 Å². The van der Waals surface area contributed by atoms with Crippen molar-refractivity contribution in [2.75, 3.05) is 13.1 Å². The Morgan fingerprint density at radius 1 is 1.04 bits per heavy atom. The molecule has 0 saturated heterocycles. The molecular weight excluding hydrogens is 313 g/mol. The summed E-state index contributed by atoms with van der Waals surface area (Å²) in [6.07, 6.45) is 2.45. The van der Waals surface area contributed by atoms with Crippen molar-refractivity contribution in [2.45, 2.75) is 25.8 Å². The van der Waals surface area contributed by atoms with Gasteiger partial charge in [-0.2, -0.15) is 0 Å². The molecule has 1 aliphatic rings. The third kappa shape index (κ3) is 4.63. The molecule has 0 spiro atoms. The summed E-state index contributed by atoms with van der Waals surface area (Å²) in [7, 11) is 0. The highest BCUT2D eigenvalue weighted by Crippen LogP contribution is 2.19. The number of benzene rings is 2. The first-order valence-corrected chi connectivity index (χ1v) is 7.80. The van der Waals surface area contributed by atoms with Crippen molar-refractivity contribution in [3.8, 4) is 0 Å². The van der Waals surface area contributed by atoms with Crippen LogP contribution in [0.1, 0.15) is 34.3 Å². The first-order valence-electron chi connectivity index (χ1n) is 7.80. The monoisotopic (exact) mass is 333 g/mol. The van der Waals surface area contributed by atoms with Crippen LogP contribution in [-0.4, -0.2) is 23.8 Å². The normalized spacial score (nSPS) is 14.0. The van der Waals surface area contributed by atoms with Crippen LogP contribution in [-0.2, 0) is 13.0 Å². The minimum atomic E-state index is -0.302. The quantitative estimate of drug-likeness (QED) is 0.762. The van der Waals surface area contributed by atoms with Gasteiger partial charge in [0.05, 0.1) is 0 Å². The maximum Gasteiger partial charge on any atom is 0.162 e. The van der Waals surface area contributed by atoms with E-state index in [0.29, 0.717) is 12.0 Å². The van der Waals surface area contributed by atoms with Gasteiger partial charge in [-0.05, 0) is 54.8 Å². The molecule has 0 atom stereocenters. The molecule has 122 valence electrons. The molecule has 0 N–H and O–H groups in total. The summed E-state index contributed by atoms with van der Waals surface area (Å²) in [6, 6.07) is 14.4. The minimum absolute atomic E-state index is 0. The zero-order chi connectivity index (χ0) is 15.4. The van der Waals surface area contributed by atoms with Gasteiger partial charge >= 0.3 is 0 Å². The second-order valence-corrected chi connectivity index (χ2v) is 5.83. The van der Waals surface area contributed by atoms with Crippen LogP contribution in [0, 0.1) is 5.82 Å². The molecule has 0 fully saturated rings. The Balaban J connectivity index is 0.00000192. The molecule has 0 aromatic heterocycles. The zero-order valence-corrected chi connectivity index (χ0v) is 13.8. The van der Waals surface area contributed by atoms with Gasteiger partial charge in [-0.3, -0.25) is 9.69 Å². The second-order valence-electron chi connectivity index (χ2n) is 5.83. The molecule has 0 saturated carbocycles. The first-order chi connectivity index (χ1) is 10.7. The Hall–Kier alpha value is -1.71. The number of hydrogen-bond donors (Lipinski definition) is 0. The van der Waals surface area contributed by atoms with E-state index in [1.54, 1.807) is 12.1 Å². The van der Waals surface area contributed by atoms with Gasteiger partial charge in [0.15, 0.2) is 5.78 Å². The molecule has 23 heavy (non-hydrogen) atoms. The van der Waals surface area contributed by atoms with Crippen LogP contribution in [0.2, 0.25) is 0 Å². The predicted octanol–water partition coefficient (Wildman–Crippen LogP) is 4.27. The molecule has 2 aromatic carbocycles. The van der Waals surface area contributed by atoms with E-state index < -0.39 is 0 Å². The molecule has 0 aliphatic carbocycles. The van der Waals surface area contributed by atoms with Crippen LogP contribution in [0.15, 0.2) is 48.5 Å². The first kappa shape index (κ1) is 17.6. The van der Waals surface area contributed by atoms with Gasteiger partial charge in [0.25, 0.3) is 0 Å². The van der Waals surface area contributed by atoms with E-state index in [-0.39, 0.29) is 24.0 Å².